The van der Waals surface area contributed by atoms with Crippen LogP contribution in [0, 0.1) is 11.3 Å². The van der Waals surface area contributed by atoms with Gasteiger partial charge in [-0.2, -0.15) is 5.26 Å². The molecule has 0 aromatic carbocycles. The second-order valence-electron chi connectivity index (χ2n) is 4.12. The van der Waals surface area contributed by atoms with Crippen molar-refractivity contribution in [2.24, 2.45) is 0 Å². The largest absolute Gasteiger partial charge is 0.358 e. The summed E-state index contributed by atoms with van der Waals surface area (Å²) in [5.74, 6) is 0. The predicted molar refractivity (Wildman–Crippen MR) is 51.9 cm³/mol. The molecule has 0 amide bonds. The van der Waals surface area contributed by atoms with Gasteiger partial charge in [0.05, 0.1) is 0 Å². The Labute approximate surface area is 79.8 Å². The highest BCUT2D eigenvalue weighted by Crippen LogP contribution is 2.32. The van der Waals surface area contributed by atoms with E-state index < -0.39 is 0 Å². The minimum Gasteiger partial charge on any atom is -0.358 e. The first-order valence-corrected chi connectivity index (χ1v) is 5.21. The molecule has 2 nitrogen and oxygen atoms in total. The van der Waals surface area contributed by atoms with Crippen LogP contribution in [0.1, 0.15) is 39.0 Å². The molecule has 1 fully saturated rings. The third kappa shape index (κ3) is 1.44. The fourth-order valence-corrected chi connectivity index (χ4v) is 2.63. The predicted octanol–water partition coefficient (Wildman–Crippen LogP) is 2.43. The van der Waals surface area contributed by atoms with Gasteiger partial charge in [0.25, 0.3) is 0 Å². The highest BCUT2D eigenvalue weighted by Gasteiger charge is 2.30. The van der Waals surface area contributed by atoms with E-state index in [1.165, 1.54) is 25.7 Å². The van der Waals surface area contributed by atoms with Gasteiger partial charge >= 0.3 is 0 Å². The summed E-state index contributed by atoms with van der Waals surface area (Å²) in [6.07, 6.45) is 8.30. The van der Waals surface area contributed by atoms with Crippen LogP contribution in [-0.4, -0.2) is 17.0 Å². The van der Waals surface area contributed by atoms with Gasteiger partial charge in [0, 0.05) is 12.1 Å². The Morgan fingerprint density at radius 2 is 2.31 bits per heavy atom. The standard InChI is InChI=1S/C11H16N2/c1-9-4-2-5-10-6-3-7-11(8-12)13(9)10/h7,9-10H,2-6H2,1H3/t9-,10+/m1/s1. The Morgan fingerprint density at radius 1 is 1.46 bits per heavy atom. The lowest BCUT2D eigenvalue weighted by molar-refractivity contribution is 0.125. The molecular weight excluding hydrogens is 160 g/mol. The molecule has 0 radical (unpaired) electrons. The zero-order valence-corrected chi connectivity index (χ0v) is 8.16. The van der Waals surface area contributed by atoms with Crippen molar-refractivity contribution in [3.8, 4) is 6.07 Å². The Bertz CT molecular complexity index is 262. The molecule has 2 atom stereocenters. The summed E-state index contributed by atoms with van der Waals surface area (Å²) < 4.78 is 0. The van der Waals surface area contributed by atoms with Gasteiger partial charge in [-0.1, -0.05) is 6.08 Å². The second kappa shape index (κ2) is 3.41. The molecule has 1 saturated heterocycles. The number of allylic oxidation sites excluding steroid dienone is 2. The van der Waals surface area contributed by atoms with Gasteiger partial charge in [-0.05, 0) is 39.0 Å². The van der Waals surface area contributed by atoms with Gasteiger partial charge < -0.3 is 4.90 Å². The van der Waals surface area contributed by atoms with Gasteiger partial charge in [0.1, 0.15) is 11.8 Å². The van der Waals surface area contributed by atoms with Crippen molar-refractivity contribution in [2.45, 2.75) is 51.1 Å². The average Bonchev–Trinajstić information content (AvgIpc) is 2.17. The Kier molecular flexibility index (Phi) is 2.26. The number of hydrogen-bond acceptors (Lipinski definition) is 2. The summed E-state index contributed by atoms with van der Waals surface area (Å²) in [4.78, 5) is 2.34. The van der Waals surface area contributed by atoms with Crippen LogP contribution in [0.25, 0.3) is 0 Å². The number of piperidine rings is 1. The SMILES string of the molecule is C[C@@H]1CCC[C@H]2CCC=C(C#N)N21. The van der Waals surface area contributed by atoms with E-state index in [-0.39, 0.29) is 0 Å². The van der Waals surface area contributed by atoms with Gasteiger partial charge in [-0.15, -0.1) is 0 Å². The molecule has 2 aliphatic heterocycles. The number of rotatable bonds is 0. The monoisotopic (exact) mass is 176 g/mol. The summed E-state index contributed by atoms with van der Waals surface area (Å²) in [6, 6.07) is 3.55. The third-order valence-electron chi connectivity index (χ3n) is 3.26. The first-order chi connectivity index (χ1) is 6.33. The lowest BCUT2D eigenvalue weighted by Crippen LogP contribution is -2.45. The van der Waals surface area contributed by atoms with E-state index in [4.69, 9.17) is 5.26 Å². The average molecular weight is 176 g/mol. The summed E-state index contributed by atoms with van der Waals surface area (Å²) in [6.45, 7) is 2.24. The van der Waals surface area contributed by atoms with Crippen molar-refractivity contribution in [1.29, 1.82) is 5.26 Å². The van der Waals surface area contributed by atoms with Crippen molar-refractivity contribution in [2.75, 3.05) is 0 Å². The van der Waals surface area contributed by atoms with E-state index in [0.29, 0.717) is 12.1 Å². The van der Waals surface area contributed by atoms with E-state index in [1.54, 1.807) is 0 Å². The maximum atomic E-state index is 8.99. The van der Waals surface area contributed by atoms with Crippen molar-refractivity contribution in [3.05, 3.63) is 11.8 Å². The normalized spacial score (nSPS) is 33.2. The molecule has 0 bridgehead atoms. The molecule has 2 heterocycles. The van der Waals surface area contributed by atoms with Crippen LogP contribution in [0.2, 0.25) is 0 Å². The van der Waals surface area contributed by atoms with E-state index in [2.05, 4.69) is 24.0 Å². The molecular formula is C11H16N2. The van der Waals surface area contributed by atoms with E-state index in [9.17, 15) is 0 Å². The number of nitrogens with zero attached hydrogens (tertiary/aromatic N) is 2. The molecule has 0 unspecified atom stereocenters. The molecule has 0 N–H and O–H groups in total. The maximum Gasteiger partial charge on any atom is 0.117 e. The highest BCUT2D eigenvalue weighted by molar-refractivity contribution is 5.23. The maximum absolute atomic E-state index is 8.99. The smallest absolute Gasteiger partial charge is 0.117 e. The van der Waals surface area contributed by atoms with Gasteiger partial charge in [0.2, 0.25) is 0 Å². The fourth-order valence-electron chi connectivity index (χ4n) is 2.63. The van der Waals surface area contributed by atoms with Crippen molar-refractivity contribution in [3.63, 3.8) is 0 Å². The molecule has 0 aliphatic carbocycles. The Hall–Kier alpha value is -0.970. The first-order valence-electron chi connectivity index (χ1n) is 5.21. The Morgan fingerprint density at radius 3 is 3.08 bits per heavy atom. The molecule has 2 aliphatic rings. The fraction of sp³-hybridized carbons (Fsp3) is 0.727. The van der Waals surface area contributed by atoms with Gasteiger partial charge in [-0.3, -0.25) is 0 Å². The first kappa shape index (κ1) is 8.62. The van der Waals surface area contributed by atoms with Crippen LogP contribution < -0.4 is 0 Å². The molecule has 0 aromatic rings. The molecule has 13 heavy (non-hydrogen) atoms. The van der Waals surface area contributed by atoms with Crippen LogP contribution in [-0.2, 0) is 0 Å². The van der Waals surface area contributed by atoms with Crippen LogP contribution in [0.15, 0.2) is 11.8 Å². The number of fused-ring (bicyclic) bond motifs is 1. The number of hydrogen-bond donors (Lipinski definition) is 0. The number of nitriles is 1. The third-order valence-corrected chi connectivity index (χ3v) is 3.26. The second-order valence-corrected chi connectivity index (χ2v) is 4.12. The molecule has 2 rings (SSSR count). The zero-order valence-electron chi connectivity index (χ0n) is 8.16. The van der Waals surface area contributed by atoms with Crippen LogP contribution in [0.3, 0.4) is 0 Å². The summed E-state index contributed by atoms with van der Waals surface area (Å²) in [5.41, 5.74) is 0.920. The molecule has 70 valence electrons. The van der Waals surface area contributed by atoms with Gasteiger partial charge in [-0.25, -0.2) is 0 Å². The minimum atomic E-state index is 0.574. The summed E-state index contributed by atoms with van der Waals surface area (Å²) in [5, 5.41) is 8.99. The molecule has 2 heteroatoms. The lowest BCUT2D eigenvalue weighted by atomic mass is 9.90. The topological polar surface area (TPSA) is 27.0 Å². The highest BCUT2D eigenvalue weighted by atomic mass is 15.2. The van der Waals surface area contributed by atoms with E-state index >= 15 is 0 Å². The van der Waals surface area contributed by atoms with E-state index in [1.807, 2.05) is 0 Å². The van der Waals surface area contributed by atoms with Crippen LogP contribution >= 0.6 is 0 Å². The van der Waals surface area contributed by atoms with Gasteiger partial charge in [0.15, 0.2) is 0 Å². The van der Waals surface area contributed by atoms with Crippen molar-refractivity contribution in [1.82, 2.24) is 4.90 Å². The Balaban J connectivity index is 2.23. The van der Waals surface area contributed by atoms with E-state index in [0.717, 1.165) is 12.1 Å². The van der Waals surface area contributed by atoms with Crippen molar-refractivity contribution >= 4 is 0 Å². The quantitative estimate of drug-likeness (QED) is 0.566. The van der Waals surface area contributed by atoms with Crippen LogP contribution in [0.5, 0.6) is 0 Å². The summed E-state index contributed by atoms with van der Waals surface area (Å²) in [7, 11) is 0. The zero-order chi connectivity index (χ0) is 9.26. The molecule has 0 spiro atoms. The van der Waals surface area contributed by atoms with Crippen molar-refractivity contribution < 1.29 is 0 Å². The lowest BCUT2D eigenvalue weighted by Gasteiger charge is -2.44. The van der Waals surface area contributed by atoms with Crippen LogP contribution in [0.4, 0.5) is 0 Å². The molecule has 0 aromatic heterocycles. The minimum absolute atomic E-state index is 0.574. The molecule has 0 saturated carbocycles. The summed E-state index contributed by atoms with van der Waals surface area (Å²) >= 11 is 0.